The highest BCUT2D eigenvalue weighted by Gasteiger charge is 2.36. The van der Waals surface area contributed by atoms with Gasteiger partial charge < -0.3 is 10.6 Å². The second kappa shape index (κ2) is 8.07. The van der Waals surface area contributed by atoms with E-state index < -0.39 is 0 Å². The first-order chi connectivity index (χ1) is 14.8. The molecule has 1 fully saturated rings. The van der Waals surface area contributed by atoms with Crippen LogP contribution in [0.4, 0.5) is 10.2 Å². The molecule has 0 amide bonds. The maximum Gasteiger partial charge on any atom is 0.163 e. The normalized spacial score (nSPS) is 17.5. The third-order valence-corrected chi connectivity index (χ3v) is 6.35. The number of hydrogen-bond acceptors (Lipinski definition) is 6. The van der Waals surface area contributed by atoms with Gasteiger partial charge in [-0.25, -0.2) is 14.4 Å². The zero-order chi connectivity index (χ0) is 20.4. The van der Waals surface area contributed by atoms with E-state index in [2.05, 4.69) is 20.6 Å². The van der Waals surface area contributed by atoms with Crippen molar-refractivity contribution in [2.45, 2.75) is 37.5 Å². The lowest BCUT2D eigenvalue weighted by Gasteiger charge is -2.38. The summed E-state index contributed by atoms with van der Waals surface area (Å²) in [6.45, 7) is 2.37. The molecule has 154 valence electrons. The Labute approximate surface area is 175 Å². The first kappa shape index (κ1) is 19.1. The standard InChI is InChI=1S/C23H25FN6/c24-19-14-27-10-6-18(19)23(7-11-25-12-8-23)15-28-22-17-4-1-5-20(17)29-21(30-22)16-3-2-9-26-13-16/h2-3,6,9-10,13-14,25H,1,4-5,7-8,11-12,15H2,(H,28,29,30). The largest absolute Gasteiger partial charge is 0.369 e. The summed E-state index contributed by atoms with van der Waals surface area (Å²) in [4.78, 5) is 17.8. The van der Waals surface area contributed by atoms with E-state index in [1.807, 2.05) is 18.2 Å². The van der Waals surface area contributed by atoms with Crippen LogP contribution in [0.2, 0.25) is 0 Å². The molecule has 1 saturated heterocycles. The monoisotopic (exact) mass is 404 g/mol. The maximum atomic E-state index is 14.7. The van der Waals surface area contributed by atoms with Gasteiger partial charge in [0.25, 0.3) is 0 Å². The van der Waals surface area contributed by atoms with Gasteiger partial charge in [0.1, 0.15) is 11.6 Å². The van der Waals surface area contributed by atoms with Crippen LogP contribution in [0.25, 0.3) is 11.4 Å². The molecule has 2 aliphatic rings. The molecule has 7 heteroatoms. The quantitative estimate of drug-likeness (QED) is 0.680. The Balaban J connectivity index is 1.49. The highest BCUT2D eigenvalue weighted by molar-refractivity contribution is 5.60. The van der Waals surface area contributed by atoms with E-state index in [9.17, 15) is 4.39 Å². The minimum Gasteiger partial charge on any atom is -0.369 e. The van der Waals surface area contributed by atoms with Gasteiger partial charge in [0.05, 0.1) is 6.20 Å². The van der Waals surface area contributed by atoms with E-state index in [1.54, 1.807) is 18.6 Å². The number of halogens is 1. The molecular weight excluding hydrogens is 379 g/mol. The lowest BCUT2D eigenvalue weighted by atomic mass is 9.73. The van der Waals surface area contributed by atoms with Crippen molar-refractivity contribution in [3.8, 4) is 11.4 Å². The van der Waals surface area contributed by atoms with Crippen molar-refractivity contribution in [1.82, 2.24) is 25.3 Å². The number of aromatic nitrogens is 4. The Hall–Kier alpha value is -2.93. The molecule has 0 aromatic carbocycles. The number of pyridine rings is 2. The second-order valence-electron chi connectivity index (χ2n) is 8.16. The number of aryl methyl sites for hydroxylation is 1. The number of hydrogen-bond donors (Lipinski definition) is 2. The SMILES string of the molecule is Fc1cnccc1C1(CNc2nc(-c3cccnc3)nc3c2CCC3)CCNCC1. The van der Waals surface area contributed by atoms with E-state index in [0.29, 0.717) is 12.4 Å². The van der Waals surface area contributed by atoms with E-state index >= 15 is 0 Å². The zero-order valence-electron chi connectivity index (χ0n) is 16.9. The maximum absolute atomic E-state index is 14.7. The number of piperidine rings is 1. The molecule has 1 aliphatic heterocycles. The van der Waals surface area contributed by atoms with Gasteiger partial charge in [-0.15, -0.1) is 0 Å². The van der Waals surface area contributed by atoms with Crippen LogP contribution in [0.1, 0.15) is 36.1 Å². The fourth-order valence-corrected chi connectivity index (χ4v) is 4.71. The summed E-state index contributed by atoms with van der Waals surface area (Å²) in [6, 6.07) is 5.71. The first-order valence-corrected chi connectivity index (χ1v) is 10.6. The van der Waals surface area contributed by atoms with Gasteiger partial charge in [0, 0.05) is 47.4 Å². The molecule has 0 atom stereocenters. The molecule has 30 heavy (non-hydrogen) atoms. The van der Waals surface area contributed by atoms with E-state index in [4.69, 9.17) is 9.97 Å². The fourth-order valence-electron chi connectivity index (χ4n) is 4.71. The Morgan fingerprint density at radius 3 is 2.70 bits per heavy atom. The van der Waals surface area contributed by atoms with Gasteiger partial charge in [0.15, 0.2) is 5.82 Å². The average molecular weight is 404 g/mol. The highest BCUT2D eigenvalue weighted by Crippen LogP contribution is 2.36. The molecular formula is C23H25FN6. The van der Waals surface area contributed by atoms with Gasteiger partial charge in [0.2, 0.25) is 0 Å². The number of nitrogens with zero attached hydrogens (tertiary/aromatic N) is 4. The Kier molecular flexibility index (Phi) is 5.12. The molecule has 2 N–H and O–H groups in total. The molecule has 3 aromatic heterocycles. The van der Waals surface area contributed by atoms with Crippen LogP contribution in [0.15, 0.2) is 43.0 Å². The molecule has 0 unspecified atom stereocenters. The number of anilines is 1. The van der Waals surface area contributed by atoms with Crippen LogP contribution in [0, 0.1) is 5.82 Å². The Morgan fingerprint density at radius 1 is 1.03 bits per heavy atom. The molecule has 0 radical (unpaired) electrons. The summed E-state index contributed by atoms with van der Waals surface area (Å²) in [6.07, 6.45) is 11.3. The molecule has 3 aromatic rings. The third kappa shape index (κ3) is 3.54. The summed E-state index contributed by atoms with van der Waals surface area (Å²) >= 11 is 0. The molecule has 0 spiro atoms. The van der Waals surface area contributed by atoms with Crippen molar-refractivity contribution in [2.24, 2.45) is 0 Å². The van der Waals surface area contributed by atoms with E-state index in [1.165, 1.54) is 11.8 Å². The Bertz CT molecular complexity index is 1030. The van der Waals surface area contributed by atoms with Crippen molar-refractivity contribution in [3.05, 3.63) is 65.6 Å². The molecule has 1 aliphatic carbocycles. The van der Waals surface area contributed by atoms with Gasteiger partial charge in [-0.1, -0.05) is 0 Å². The van der Waals surface area contributed by atoms with Gasteiger partial charge in [-0.05, 0) is 69.0 Å². The predicted octanol–water partition coefficient (Wildman–Crippen LogP) is 3.29. The summed E-state index contributed by atoms with van der Waals surface area (Å²) in [5.74, 6) is 1.34. The smallest absolute Gasteiger partial charge is 0.163 e. The summed E-state index contributed by atoms with van der Waals surface area (Å²) in [5, 5.41) is 7.01. The second-order valence-corrected chi connectivity index (χ2v) is 8.16. The molecule has 6 nitrogen and oxygen atoms in total. The minimum atomic E-state index is -0.289. The number of rotatable bonds is 5. The van der Waals surface area contributed by atoms with Crippen LogP contribution in [-0.2, 0) is 18.3 Å². The van der Waals surface area contributed by atoms with Crippen molar-refractivity contribution in [2.75, 3.05) is 25.0 Å². The van der Waals surface area contributed by atoms with Crippen LogP contribution in [0.3, 0.4) is 0 Å². The highest BCUT2D eigenvalue weighted by atomic mass is 19.1. The summed E-state index contributed by atoms with van der Waals surface area (Å²) < 4.78 is 14.7. The van der Waals surface area contributed by atoms with Crippen molar-refractivity contribution in [1.29, 1.82) is 0 Å². The minimum absolute atomic E-state index is 0.231. The van der Waals surface area contributed by atoms with Gasteiger partial charge >= 0.3 is 0 Å². The average Bonchev–Trinajstić information content (AvgIpc) is 3.28. The van der Waals surface area contributed by atoms with Gasteiger partial charge in [-0.2, -0.15) is 0 Å². The first-order valence-electron chi connectivity index (χ1n) is 10.6. The summed E-state index contributed by atoms with van der Waals surface area (Å²) in [5.41, 5.74) is 3.67. The fraction of sp³-hybridized carbons (Fsp3) is 0.391. The van der Waals surface area contributed by atoms with Crippen molar-refractivity contribution >= 4 is 5.82 Å². The van der Waals surface area contributed by atoms with Crippen LogP contribution in [-0.4, -0.2) is 39.6 Å². The predicted molar refractivity (Wildman–Crippen MR) is 114 cm³/mol. The lowest BCUT2D eigenvalue weighted by Crippen LogP contribution is -2.45. The van der Waals surface area contributed by atoms with Crippen molar-refractivity contribution in [3.63, 3.8) is 0 Å². The van der Waals surface area contributed by atoms with Crippen molar-refractivity contribution < 1.29 is 4.39 Å². The third-order valence-electron chi connectivity index (χ3n) is 6.35. The van der Waals surface area contributed by atoms with Gasteiger partial charge in [-0.3, -0.25) is 9.97 Å². The zero-order valence-corrected chi connectivity index (χ0v) is 16.9. The molecule has 5 rings (SSSR count). The van der Waals surface area contributed by atoms with Crippen LogP contribution < -0.4 is 10.6 Å². The Morgan fingerprint density at radius 2 is 1.90 bits per heavy atom. The van der Waals surface area contributed by atoms with Crippen LogP contribution >= 0.6 is 0 Å². The summed E-state index contributed by atoms with van der Waals surface area (Å²) in [7, 11) is 0. The molecule has 0 bridgehead atoms. The number of fused-ring (bicyclic) bond motifs is 1. The molecule has 4 heterocycles. The van der Waals surface area contributed by atoms with E-state index in [-0.39, 0.29) is 11.2 Å². The topological polar surface area (TPSA) is 75.6 Å². The number of nitrogens with one attached hydrogen (secondary N) is 2. The lowest BCUT2D eigenvalue weighted by molar-refractivity contribution is 0.312. The van der Waals surface area contributed by atoms with E-state index in [0.717, 1.165) is 67.8 Å². The van der Waals surface area contributed by atoms with Crippen LogP contribution in [0.5, 0.6) is 0 Å². The molecule has 0 saturated carbocycles.